The first-order valence-electron chi connectivity index (χ1n) is 5.45. The van der Waals surface area contributed by atoms with Crippen LogP contribution in [0.4, 0.5) is 0 Å². The summed E-state index contributed by atoms with van der Waals surface area (Å²) in [5.74, 6) is 6.66. The van der Waals surface area contributed by atoms with Crippen molar-refractivity contribution in [3.05, 3.63) is 0 Å². The van der Waals surface area contributed by atoms with E-state index in [4.69, 9.17) is 5.84 Å². The Balaban J connectivity index is 3.71. The summed E-state index contributed by atoms with van der Waals surface area (Å²) >= 11 is 0. The molecule has 0 aromatic heterocycles. The van der Waals surface area contributed by atoms with Crippen LogP contribution in [0.5, 0.6) is 0 Å². The molecule has 0 saturated carbocycles. The van der Waals surface area contributed by atoms with Gasteiger partial charge in [0.15, 0.2) is 0 Å². The lowest BCUT2D eigenvalue weighted by atomic mass is 9.99. The molecule has 0 amide bonds. The molecular weight excluding hydrogens is 176 g/mol. The van der Waals surface area contributed by atoms with E-state index in [9.17, 15) is 0 Å². The number of rotatable bonds is 6. The Bertz CT molecular complexity index is 156. The van der Waals surface area contributed by atoms with Crippen LogP contribution in [-0.4, -0.2) is 19.6 Å². The van der Waals surface area contributed by atoms with Gasteiger partial charge in [0.05, 0.1) is 0 Å². The molecule has 0 spiro atoms. The van der Waals surface area contributed by atoms with Gasteiger partial charge in [-0.25, -0.2) is 5.84 Å². The molecule has 1 unspecified atom stereocenters. The highest BCUT2D eigenvalue weighted by atomic mass is 15.3. The molecule has 0 radical (unpaired) electrons. The number of hydrazine groups is 1. The molecule has 0 aliphatic carbocycles. The number of nitrogens with zero attached hydrogens (tertiary/aromatic N) is 1. The van der Waals surface area contributed by atoms with Gasteiger partial charge in [-0.2, -0.15) is 0 Å². The molecule has 4 nitrogen and oxygen atoms in total. The van der Waals surface area contributed by atoms with Crippen LogP contribution in [0.2, 0.25) is 0 Å². The number of hydrogen-bond donors (Lipinski definition) is 3. The predicted octanol–water partition coefficient (Wildman–Crippen LogP) is 1.24. The Labute approximate surface area is 87.3 Å². The normalized spacial score (nSPS) is 13.9. The molecule has 0 bridgehead atoms. The van der Waals surface area contributed by atoms with Crippen molar-refractivity contribution in [2.75, 3.05) is 13.6 Å². The molecule has 84 valence electrons. The highest BCUT2D eigenvalue weighted by Gasteiger charge is 2.05. The van der Waals surface area contributed by atoms with E-state index in [1.54, 1.807) is 7.05 Å². The second kappa shape index (κ2) is 8.81. The van der Waals surface area contributed by atoms with E-state index in [0.29, 0.717) is 5.96 Å². The van der Waals surface area contributed by atoms with Gasteiger partial charge >= 0.3 is 0 Å². The minimum Gasteiger partial charge on any atom is -0.355 e. The Morgan fingerprint density at radius 2 is 2.14 bits per heavy atom. The second-order valence-corrected chi connectivity index (χ2v) is 3.51. The monoisotopic (exact) mass is 200 g/mol. The fourth-order valence-electron chi connectivity index (χ4n) is 1.38. The average Bonchev–Trinajstić information content (AvgIpc) is 2.23. The van der Waals surface area contributed by atoms with E-state index in [2.05, 4.69) is 29.6 Å². The van der Waals surface area contributed by atoms with Crippen molar-refractivity contribution in [1.29, 1.82) is 0 Å². The Morgan fingerprint density at radius 1 is 1.43 bits per heavy atom. The highest BCUT2D eigenvalue weighted by Crippen LogP contribution is 2.10. The molecule has 4 N–H and O–H groups in total. The Kier molecular flexibility index (Phi) is 8.33. The third kappa shape index (κ3) is 5.80. The van der Waals surface area contributed by atoms with Crippen molar-refractivity contribution in [3.8, 4) is 0 Å². The zero-order chi connectivity index (χ0) is 10.8. The molecule has 0 aliphatic rings. The number of nitrogens with one attached hydrogen (secondary N) is 2. The molecule has 0 fully saturated rings. The van der Waals surface area contributed by atoms with Gasteiger partial charge in [-0.05, 0) is 12.3 Å². The van der Waals surface area contributed by atoms with Crippen molar-refractivity contribution >= 4 is 5.96 Å². The van der Waals surface area contributed by atoms with Crippen LogP contribution in [0.25, 0.3) is 0 Å². The van der Waals surface area contributed by atoms with Crippen LogP contribution in [0.3, 0.4) is 0 Å². The fraction of sp³-hybridized carbons (Fsp3) is 0.900. The summed E-state index contributed by atoms with van der Waals surface area (Å²) < 4.78 is 0. The quantitative estimate of drug-likeness (QED) is 0.262. The van der Waals surface area contributed by atoms with Crippen LogP contribution < -0.4 is 16.6 Å². The van der Waals surface area contributed by atoms with E-state index in [-0.39, 0.29) is 0 Å². The van der Waals surface area contributed by atoms with Crippen LogP contribution in [-0.2, 0) is 0 Å². The highest BCUT2D eigenvalue weighted by molar-refractivity contribution is 5.78. The van der Waals surface area contributed by atoms with E-state index >= 15 is 0 Å². The van der Waals surface area contributed by atoms with Crippen LogP contribution in [0.15, 0.2) is 4.99 Å². The molecule has 0 heterocycles. The SMILES string of the molecule is CCCCC(CC)CNC(=NC)NN. The topological polar surface area (TPSA) is 62.4 Å². The van der Waals surface area contributed by atoms with Crippen LogP contribution in [0.1, 0.15) is 39.5 Å². The molecule has 0 aromatic rings. The third-order valence-electron chi connectivity index (χ3n) is 2.46. The summed E-state index contributed by atoms with van der Waals surface area (Å²) in [4.78, 5) is 3.96. The van der Waals surface area contributed by atoms with Crippen LogP contribution in [0, 0.1) is 5.92 Å². The van der Waals surface area contributed by atoms with Gasteiger partial charge in [-0.3, -0.25) is 10.4 Å². The largest absolute Gasteiger partial charge is 0.355 e. The number of guanidine groups is 1. The molecule has 1 atom stereocenters. The zero-order valence-corrected chi connectivity index (χ0v) is 9.64. The lowest BCUT2D eigenvalue weighted by Gasteiger charge is -2.16. The lowest BCUT2D eigenvalue weighted by Crippen LogP contribution is -2.43. The van der Waals surface area contributed by atoms with E-state index in [1.807, 2.05) is 0 Å². The first kappa shape index (κ1) is 13.2. The van der Waals surface area contributed by atoms with Crippen molar-refractivity contribution in [2.45, 2.75) is 39.5 Å². The molecule has 4 heteroatoms. The summed E-state index contributed by atoms with van der Waals surface area (Å²) in [5.41, 5.74) is 2.53. The van der Waals surface area contributed by atoms with Crippen molar-refractivity contribution < 1.29 is 0 Å². The smallest absolute Gasteiger partial charge is 0.205 e. The first-order chi connectivity index (χ1) is 6.78. The number of unbranched alkanes of at least 4 members (excludes halogenated alkanes) is 1. The molecule has 14 heavy (non-hydrogen) atoms. The first-order valence-corrected chi connectivity index (χ1v) is 5.45. The summed E-state index contributed by atoms with van der Waals surface area (Å²) in [6, 6.07) is 0. The number of aliphatic imine (C=N–C) groups is 1. The van der Waals surface area contributed by atoms with Gasteiger partial charge in [0.1, 0.15) is 0 Å². The van der Waals surface area contributed by atoms with Gasteiger partial charge in [0, 0.05) is 13.6 Å². The van der Waals surface area contributed by atoms with Gasteiger partial charge in [-0.15, -0.1) is 0 Å². The standard InChI is InChI=1S/C10H24N4/c1-4-6-7-9(5-2)8-13-10(12-3)14-11/h9H,4-8,11H2,1-3H3,(H2,12,13,14). The van der Waals surface area contributed by atoms with Crippen LogP contribution >= 0.6 is 0 Å². The zero-order valence-electron chi connectivity index (χ0n) is 9.64. The summed E-state index contributed by atoms with van der Waals surface area (Å²) in [6.45, 7) is 5.40. The molecule has 0 aromatic carbocycles. The summed E-state index contributed by atoms with van der Waals surface area (Å²) in [5, 5.41) is 3.19. The summed E-state index contributed by atoms with van der Waals surface area (Å²) in [6.07, 6.45) is 5.05. The van der Waals surface area contributed by atoms with E-state index in [0.717, 1.165) is 12.5 Å². The van der Waals surface area contributed by atoms with E-state index in [1.165, 1.54) is 25.7 Å². The molecule has 0 rings (SSSR count). The second-order valence-electron chi connectivity index (χ2n) is 3.51. The van der Waals surface area contributed by atoms with Gasteiger partial charge < -0.3 is 5.32 Å². The molecular formula is C10H24N4. The van der Waals surface area contributed by atoms with Crippen molar-refractivity contribution in [3.63, 3.8) is 0 Å². The van der Waals surface area contributed by atoms with E-state index < -0.39 is 0 Å². The average molecular weight is 200 g/mol. The van der Waals surface area contributed by atoms with Gasteiger partial charge in [0.2, 0.25) is 5.96 Å². The third-order valence-corrected chi connectivity index (χ3v) is 2.46. The number of hydrogen-bond acceptors (Lipinski definition) is 2. The Hall–Kier alpha value is -0.770. The maximum Gasteiger partial charge on any atom is 0.205 e. The maximum atomic E-state index is 5.27. The fourth-order valence-corrected chi connectivity index (χ4v) is 1.38. The minimum atomic E-state index is 0.667. The predicted molar refractivity (Wildman–Crippen MR) is 62.0 cm³/mol. The van der Waals surface area contributed by atoms with Gasteiger partial charge in [-0.1, -0.05) is 33.1 Å². The van der Waals surface area contributed by atoms with Crippen molar-refractivity contribution in [2.24, 2.45) is 16.8 Å². The maximum absolute atomic E-state index is 5.27. The van der Waals surface area contributed by atoms with Crippen molar-refractivity contribution in [1.82, 2.24) is 10.7 Å². The van der Waals surface area contributed by atoms with Gasteiger partial charge in [0.25, 0.3) is 0 Å². The molecule has 0 aliphatic heterocycles. The molecule has 0 saturated heterocycles. The number of nitrogens with two attached hydrogens (primary N) is 1. The summed E-state index contributed by atoms with van der Waals surface area (Å²) in [7, 11) is 1.72. The Morgan fingerprint density at radius 3 is 2.57 bits per heavy atom. The lowest BCUT2D eigenvalue weighted by molar-refractivity contribution is 0.444. The minimum absolute atomic E-state index is 0.667.